The molecule has 1 aliphatic carbocycles. The van der Waals surface area contributed by atoms with Gasteiger partial charge in [-0.05, 0) is 43.4 Å². The minimum atomic E-state index is 0. The van der Waals surface area contributed by atoms with Crippen molar-refractivity contribution < 1.29 is 43.0 Å². The van der Waals surface area contributed by atoms with Crippen molar-refractivity contribution >= 4 is 0 Å². The van der Waals surface area contributed by atoms with Gasteiger partial charge in [-0.2, -0.15) is 0 Å². The zero-order valence-corrected chi connectivity index (χ0v) is 17.4. The van der Waals surface area contributed by atoms with E-state index in [0.29, 0.717) is 6.04 Å². The number of methoxy groups -OCH3 is 2. The van der Waals surface area contributed by atoms with Crippen LogP contribution in [0.25, 0.3) is 0 Å². The fourth-order valence-electron chi connectivity index (χ4n) is 3.83. The molecule has 0 aromatic heterocycles. The number of aliphatic hydroxyl groups is 1. The first-order valence-corrected chi connectivity index (χ1v) is 8.79. The molecule has 0 radical (unpaired) electrons. The molecule has 1 saturated carbocycles. The van der Waals surface area contributed by atoms with Crippen LogP contribution in [0.3, 0.4) is 0 Å². The predicted octanol–water partition coefficient (Wildman–Crippen LogP) is 0.0219. The van der Waals surface area contributed by atoms with Crippen LogP contribution in [0.4, 0.5) is 0 Å². The maximum absolute atomic E-state index is 9.53. The van der Waals surface area contributed by atoms with E-state index in [1.165, 1.54) is 37.7 Å². The molecule has 0 bridgehead atoms. The number of nitrogens with zero attached hydrogens (tertiary/aromatic N) is 1. The van der Waals surface area contributed by atoms with Crippen LogP contribution < -0.4 is 33.5 Å². The highest BCUT2D eigenvalue weighted by Crippen LogP contribution is 2.30. The van der Waals surface area contributed by atoms with E-state index in [-0.39, 0.29) is 30.6 Å². The van der Waals surface area contributed by atoms with E-state index in [1.807, 2.05) is 6.07 Å². The van der Waals surface area contributed by atoms with Gasteiger partial charge in [0.2, 0.25) is 0 Å². The molecule has 2 rings (SSSR count). The van der Waals surface area contributed by atoms with E-state index < -0.39 is 0 Å². The Kier molecular flexibility index (Phi) is 9.37. The van der Waals surface area contributed by atoms with Crippen molar-refractivity contribution in [3.63, 3.8) is 0 Å². The van der Waals surface area contributed by atoms with Crippen molar-refractivity contribution in [1.29, 1.82) is 0 Å². The summed E-state index contributed by atoms with van der Waals surface area (Å²) in [7, 11) is 5.65. The molecule has 0 aliphatic heterocycles. The molecule has 1 unspecified atom stereocenters. The topological polar surface area (TPSA) is 38.7 Å². The molecule has 1 N–H and O–H groups in total. The van der Waals surface area contributed by atoms with Gasteiger partial charge in [-0.15, -0.1) is 0 Å². The maximum Gasteiger partial charge on any atom is 0.160 e. The van der Waals surface area contributed by atoms with Gasteiger partial charge in [0.15, 0.2) is 11.5 Å². The SMILES string of the molecule is COc1ccc(CC[N+](C)(CCO)C2CCCCC2)cc1OC.[I-]. The van der Waals surface area contributed by atoms with E-state index in [9.17, 15) is 5.11 Å². The van der Waals surface area contributed by atoms with Gasteiger partial charge in [-0.1, -0.05) is 12.5 Å². The summed E-state index contributed by atoms with van der Waals surface area (Å²) in [6.45, 7) is 2.16. The minimum absolute atomic E-state index is 0. The van der Waals surface area contributed by atoms with Crippen molar-refractivity contribution in [1.82, 2.24) is 0 Å². The Morgan fingerprint density at radius 3 is 2.29 bits per heavy atom. The van der Waals surface area contributed by atoms with Gasteiger partial charge in [0, 0.05) is 6.42 Å². The number of ether oxygens (including phenoxy) is 2. The molecule has 0 amide bonds. The lowest BCUT2D eigenvalue weighted by molar-refractivity contribution is -0.934. The van der Waals surface area contributed by atoms with Crippen LogP contribution in [-0.4, -0.2) is 56.6 Å². The summed E-state index contributed by atoms with van der Waals surface area (Å²) >= 11 is 0. The first kappa shape index (κ1) is 21.5. The van der Waals surface area contributed by atoms with Crippen LogP contribution in [-0.2, 0) is 6.42 Å². The second-order valence-electron chi connectivity index (χ2n) is 6.88. The Morgan fingerprint density at radius 1 is 1.04 bits per heavy atom. The summed E-state index contributed by atoms with van der Waals surface area (Å²) in [6, 6.07) is 6.86. The number of hydrogen-bond donors (Lipinski definition) is 1. The van der Waals surface area contributed by atoms with Crippen molar-refractivity contribution in [2.45, 2.75) is 44.6 Å². The fraction of sp³-hybridized carbons (Fsp3) is 0.684. The van der Waals surface area contributed by atoms with Gasteiger partial charge in [-0.3, -0.25) is 0 Å². The van der Waals surface area contributed by atoms with Crippen LogP contribution in [0.5, 0.6) is 11.5 Å². The third kappa shape index (κ3) is 5.49. The van der Waals surface area contributed by atoms with Gasteiger partial charge >= 0.3 is 0 Å². The average Bonchev–Trinajstić information content (AvgIpc) is 2.60. The smallest absolute Gasteiger partial charge is 0.160 e. The molecule has 0 saturated heterocycles. The van der Waals surface area contributed by atoms with Crippen molar-refractivity contribution in [3.8, 4) is 11.5 Å². The molecule has 1 aromatic carbocycles. The van der Waals surface area contributed by atoms with E-state index in [2.05, 4.69) is 19.2 Å². The van der Waals surface area contributed by atoms with E-state index in [1.54, 1.807) is 14.2 Å². The summed E-state index contributed by atoms with van der Waals surface area (Å²) < 4.78 is 11.7. The summed E-state index contributed by atoms with van der Waals surface area (Å²) in [5, 5.41) is 9.53. The van der Waals surface area contributed by atoms with Crippen LogP contribution >= 0.6 is 0 Å². The number of hydrogen-bond acceptors (Lipinski definition) is 3. The van der Waals surface area contributed by atoms with Gasteiger partial charge < -0.3 is 43.0 Å². The molecule has 1 fully saturated rings. The predicted molar refractivity (Wildman–Crippen MR) is 93.1 cm³/mol. The molecular formula is C19H32INO3. The minimum Gasteiger partial charge on any atom is -1.00 e. The quantitative estimate of drug-likeness (QED) is 0.450. The van der Waals surface area contributed by atoms with E-state index in [0.717, 1.165) is 35.5 Å². The zero-order valence-electron chi connectivity index (χ0n) is 15.3. The Bertz CT molecular complexity index is 492. The Morgan fingerprint density at radius 2 is 1.71 bits per heavy atom. The molecule has 1 atom stereocenters. The van der Waals surface area contributed by atoms with E-state index in [4.69, 9.17) is 9.47 Å². The fourth-order valence-corrected chi connectivity index (χ4v) is 3.83. The summed E-state index contributed by atoms with van der Waals surface area (Å²) in [6.07, 6.45) is 7.62. The lowest BCUT2D eigenvalue weighted by atomic mass is 9.92. The number of aliphatic hydroxyl groups excluding tert-OH is 1. The highest BCUT2D eigenvalue weighted by molar-refractivity contribution is 5.42. The van der Waals surface area contributed by atoms with Gasteiger partial charge in [0.05, 0.1) is 40.5 Å². The first-order chi connectivity index (χ1) is 11.1. The molecule has 0 heterocycles. The molecule has 5 heteroatoms. The molecule has 138 valence electrons. The monoisotopic (exact) mass is 449 g/mol. The summed E-state index contributed by atoms with van der Waals surface area (Å²) in [5.74, 6) is 1.56. The van der Waals surface area contributed by atoms with Crippen molar-refractivity contribution in [2.24, 2.45) is 0 Å². The number of quaternary nitrogens is 1. The lowest BCUT2D eigenvalue weighted by Gasteiger charge is -2.43. The third-order valence-corrected chi connectivity index (χ3v) is 5.43. The molecule has 24 heavy (non-hydrogen) atoms. The number of benzene rings is 1. The van der Waals surface area contributed by atoms with Crippen LogP contribution in [0.1, 0.15) is 37.7 Å². The molecule has 4 nitrogen and oxygen atoms in total. The Labute approximate surface area is 163 Å². The van der Waals surface area contributed by atoms with Gasteiger partial charge in [0.25, 0.3) is 0 Å². The second kappa shape index (κ2) is 10.5. The van der Waals surface area contributed by atoms with Gasteiger partial charge in [-0.25, -0.2) is 0 Å². The molecule has 1 aromatic rings. The highest BCUT2D eigenvalue weighted by Gasteiger charge is 2.32. The largest absolute Gasteiger partial charge is 1.00 e. The van der Waals surface area contributed by atoms with Crippen LogP contribution in [0.15, 0.2) is 18.2 Å². The molecule has 1 aliphatic rings. The zero-order chi connectivity index (χ0) is 16.7. The molecule has 0 spiro atoms. The lowest BCUT2D eigenvalue weighted by Crippen LogP contribution is -3.00. The number of likely N-dealkylation sites (N-methyl/N-ethyl adjacent to an activating group) is 1. The van der Waals surface area contributed by atoms with Crippen LogP contribution in [0.2, 0.25) is 0 Å². The molecular weight excluding hydrogens is 417 g/mol. The Balaban J connectivity index is 0.00000288. The van der Waals surface area contributed by atoms with Crippen LogP contribution in [0, 0.1) is 0 Å². The Hall–Kier alpha value is -0.530. The number of halogens is 1. The van der Waals surface area contributed by atoms with E-state index >= 15 is 0 Å². The summed E-state index contributed by atoms with van der Waals surface area (Å²) in [5.41, 5.74) is 1.26. The maximum atomic E-state index is 9.53. The standard InChI is InChI=1S/C19H32NO3.HI/c1-20(13-14-21,17-7-5-4-6-8-17)12-11-16-9-10-18(22-2)19(15-16)23-3;/h9-10,15,17,21H,4-8,11-14H2,1-3H3;1H/q+1;/p-1. The normalized spacial score (nSPS) is 17.7. The van der Waals surface area contributed by atoms with Gasteiger partial charge in [0.1, 0.15) is 6.54 Å². The van der Waals surface area contributed by atoms with Crippen molar-refractivity contribution in [3.05, 3.63) is 23.8 Å². The summed E-state index contributed by atoms with van der Waals surface area (Å²) in [4.78, 5) is 0. The third-order valence-electron chi connectivity index (χ3n) is 5.43. The van der Waals surface area contributed by atoms with Crippen molar-refractivity contribution in [2.75, 3.05) is 41.0 Å². The first-order valence-electron chi connectivity index (χ1n) is 8.79. The number of rotatable bonds is 8. The highest BCUT2D eigenvalue weighted by atomic mass is 127. The average molecular weight is 449 g/mol. The second-order valence-corrected chi connectivity index (χ2v) is 6.88.